The molecule has 0 aliphatic carbocycles. The predicted molar refractivity (Wildman–Crippen MR) is 69.1 cm³/mol. The van der Waals surface area contributed by atoms with Crippen LogP contribution >= 0.6 is 11.3 Å². The van der Waals surface area contributed by atoms with Gasteiger partial charge in [0.1, 0.15) is 5.69 Å². The Morgan fingerprint density at radius 1 is 1.50 bits per heavy atom. The van der Waals surface area contributed by atoms with E-state index >= 15 is 0 Å². The highest BCUT2D eigenvalue weighted by atomic mass is 32.1. The summed E-state index contributed by atoms with van der Waals surface area (Å²) in [7, 11) is 0. The van der Waals surface area contributed by atoms with E-state index in [2.05, 4.69) is 10.3 Å². The van der Waals surface area contributed by atoms with Gasteiger partial charge in [-0.2, -0.15) is 11.3 Å². The molecule has 0 aromatic carbocycles. The van der Waals surface area contributed by atoms with Gasteiger partial charge in [-0.15, -0.1) is 0 Å². The summed E-state index contributed by atoms with van der Waals surface area (Å²) in [6.45, 7) is 1.74. The Balaban J connectivity index is 2.09. The second kappa shape index (κ2) is 5.05. The lowest BCUT2D eigenvalue weighted by molar-refractivity contribution is -0.115. The fraction of sp³-hybridized carbons (Fsp3) is 0.167. The van der Waals surface area contributed by atoms with E-state index in [1.165, 1.54) is 11.3 Å². The van der Waals surface area contributed by atoms with Crippen LogP contribution in [0.5, 0.6) is 0 Å². The number of hydrogen-bond acceptors (Lipinski definition) is 3. The summed E-state index contributed by atoms with van der Waals surface area (Å²) < 4.78 is 0. The Labute approximate surface area is 107 Å². The molecule has 0 atom stereocenters. The molecule has 6 heteroatoms. The van der Waals surface area contributed by atoms with Gasteiger partial charge in [0.25, 0.3) is 0 Å². The molecule has 3 N–H and O–H groups in total. The first-order chi connectivity index (χ1) is 8.56. The molecule has 2 heterocycles. The normalized spacial score (nSPS) is 10.3. The maximum absolute atomic E-state index is 11.8. The third-order valence-electron chi connectivity index (χ3n) is 2.39. The van der Waals surface area contributed by atoms with Crippen LogP contribution in [0.2, 0.25) is 0 Å². The molecule has 2 aromatic heterocycles. The van der Waals surface area contributed by atoms with Crippen molar-refractivity contribution in [1.29, 1.82) is 0 Å². The van der Waals surface area contributed by atoms with Gasteiger partial charge in [-0.25, -0.2) is 4.79 Å². The summed E-state index contributed by atoms with van der Waals surface area (Å²) in [6, 6.07) is 3.47. The molecular weight excluding hydrogens is 252 g/mol. The minimum atomic E-state index is -1.09. The average molecular weight is 264 g/mol. The van der Waals surface area contributed by atoms with E-state index in [1.807, 2.05) is 16.8 Å². The van der Waals surface area contributed by atoms with Crippen molar-refractivity contribution in [2.45, 2.75) is 13.3 Å². The van der Waals surface area contributed by atoms with Crippen LogP contribution in [0.25, 0.3) is 0 Å². The number of thiophene rings is 1. The Hall–Kier alpha value is -2.08. The minimum Gasteiger partial charge on any atom is -0.477 e. The number of carboxylic acid groups (broad SMARTS) is 1. The summed E-state index contributed by atoms with van der Waals surface area (Å²) in [5.41, 5.74) is 1.92. The van der Waals surface area contributed by atoms with Gasteiger partial charge >= 0.3 is 5.97 Å². The first-order valence-electron chi connectivity index (χ1n) is 5.30. The number of aryl methyl sites for hydroxylation is 1. The largest absolute Gasteiger partial charge is 0.477 e. The molecule has 2 rings (SSSR count). The number of hydrogen-bond donors (Lipinski definition) is 3. The summed E-state index contributed by atoms with van der Waals surface area (Å²) in [5.74, 6) is -1.32. The van der Waals surface area contributed by atoms with E-state index in [1.54, 1.807) is 13.0 Å². The molecule has 18 heavy (non-hydrogen) atoms. The molecular formula is C12H12N2O3S. The number of anilines is 1. The summed E-state index contributed by atoms with van der Waals surface area (Å²) in [5, 5.41) is 15.4. The fourth-order valence-electron chi connectivity index (χ4n) is 1.63. The van der Waals surface area contributed by atoms with Gasteiger partial charge in [0, 0.05) is 5.69 Å². The molecule has 0 spiro atoms. The van der Waals surface area contributed by atoms with Crippen molar-refractivity contribution in [3.05, 3.63) is 39.8 Å². The first kappa shape index (κ1) is 12.4. The van der Waals surface area contributed by atoms with Crippen LogP contribution in [0.15, 0.2) is 22.9 Å². The third-order valence-corrected chi connectivity index (χ3v) is 3.12. The highest BCUT2D eigenvalue weighted by Gasteiger charge is 2.15. The summed E-state index contributed by atoms with van der Waals surface area (Å²) in [6.07, 6.45) is 0.243. The first-order valence-corrected chi connectivity index (χ1v) is 6.24. The summed E-state index contributed by atoms with van der Waals surface area (Å²) in [4.78, 5) is 25.4. The van der Waals surface area contributed by atoms with Crippen LogP contribution in [0, 0.1) is 6.92 Å². The Morgan fingerprint density at radius 2 is 2.28 bits per heavy atom. The highest BCUT2D eigenvalue weighted by Crippen LogP contribution is 2.17. The van der Waals surface area contributed by atoms with Gasteiger partial charge in [-0.3, -0.25) is 4.79 Å². The second-order valence-corrected chi connectivity index (χ2v) is 4.68. The number of amides is 1. The molecule has 0 unspecified atom stereocenters. The van der Waals surface area contributed by atoms with E-state index in [-0.39, 0.29) is 18.0 Å². The zero-order valence-corrected chi connectivity index (χ0v) is 10.5. The topological polar surface area (TPSA) is 82.2 Å². The van der Waals surface area contributed by atoms with Gasteiger partial charge in [0.05, 0.1) is 12.1 Å². The summed E-state index contributed by atoms with van der Waals surface area (Å²) >= 11 is 1.52. The van der Waals surface area contributed by atoms with E-state index in [9.17, 15) is 9.59 Å². The molecule has 0 aliphatic heterocycles. The van der Waals surface area contributed by atoms with Crippen LogP contribution in [0.3, 0.4) is 0 Å². The maximum atomic E-state index is 11.8. The third kappa shape index (κ3) is 2.78. The Kier molecular flexibility index (Phi) is 3.47. The van der Waals surface area contributed by atoms with E-state index in [4.69, 9.17) is 5.11 Å². The van der Waals surface area contributed by atoms with Gasteiger partial charge < -0.3 is 15.4 Å². The molecule has 0 fully saturated rings. The van der Waals surface area contributed by atoms with Crippen molar-refractivity contribution < 1.29 is 14.7 Å². The van der Waals surface area contributed by atoms with Gasteiger partial charge in [-0.1, -0.05) is 0 Å². The minimum absolute atomic E-state index is 0.00571. The molecule has 0 bridgehead atoms. The van der Waals surface area contributed by atoms with E-state index < -0.39 is 5.97 Å². The van der Waals surface area contributed by atoms with Crippen molar-refractivity contribution >= 4 is 28.9 Å². The smallest absolute Gasteiger partial charge is 0.354 e. The van der Waals surface area contributed by atoms with Crippen molar-refractivity contribution in [3.63, 3.8) is 0 Å². The van der Waals surface area contributed by atoms with Crippen LogP contribution in [-0.2, 0) is 11.2 Å². The van der Waals surface area contributed by atoms with Gasteiger partial charge in [-0.05, 0) is 35.4 Å². The molecule has 0 radical (unpaired) electrons. The quantitative estimate of drug-likeness (QED) is 0.792. The van der Waals surface area contributed by atoms with Crippen LogP contribution in [0.4, 0.5) is 5.69 Å². The molecule has 2 aromatic rings. The average Bonchev–Trinajstić information content (AvgIpc) is 2.88. The zero-order valence-electron chi connectivity index (χ0n) is 9.69. The molecule has 5 nitrogen and oxygen atoms in total. The number of rotatable bonds is 4. The molecule has 94 valence electrons. The van der Waals surface area contributed by atoms with Crippen molar-refractivity contribution in [2.24, 2.45) is 0 Å². The van der Waals surface area contributed by atoms with Crippen LogP contribution in [-0.4, -0.2) is 22.0 Å². The number of aromatic carboxylic acids is 1. The van der Waals surface area contributed by atoms with E-state index in [0.717, 1.165) is 5.56 Å². The van der Waals surface area contributed by atoms with Crippen molar-refractivity contribution in [2.75, 3.05) is 5.32 Å². The van der Waals surface area contributed by atoms with E-state index in [0.29, 0.717) is 11.4 Å². The number of carbonyl (C=O) groups is 2. The maximum Gasteiger partial charge on any atom is 0.354 e. The lowest BCUT2D eigenvalue weighted by Gasteiger charge is -2.03. The number of H-pyrrole nitrogens is 1. The highest BCUT2D eigenvalue weighted by molar-refractivity contribution is 7.08. The van der Waals surface area contributed by atoms with Crippen molar-refractivity contribution in [3.8, 4) is 0 Å². The number of aromatic nitrogens is 1. The number of carboxylic acids is 1. The second-order valence-electron chi connectivity index (χ2n) is 3.90. The number of aromatic amines is 1. The fourth-order valence-corrected chi connectivity index (χ4v) is 2.30. The molecule has 0 saturated carbocycles. The molecule has 0 saturated heterocycles. The standard InChI is InChI=1S/C12H12N2O3S/c1-7-4-9(11(13-7)12(16)17)14-10(15)5-8-2-3-18-6-8/h2-4,6,13H,5H2,1H3,(H,14,15)(H,16,17). The lowest BCUT2D eigenvalue weighted by Crippen LogP contribution is -2.15. The zero-order chi connectivity index (χ0) is 13.1. The Bertz CT molecular complexity index is 572. The Morgan fingerprint density at radius 3 is 2.89 bits per heavy atom. The van der Waals surface area contributed by atoms with Crippen molar-refractivity contribution in [1.82, 2.24) is 4.98 Å². The number of carbonyl (C=O) groups excluding carboxylic acids is 1. The number of nitrogens with one attached hydrogen (secondary N) is 2. The monoisotopic (exact) mass is 264 g/mol. The predicted octanol–water partition coefficient (Wildman–Crippen LogP) is 2.26. The molecule has 1 amide bonds. The molecule has 0 aliphatic rings. The van der Waals surface area contributed by atoms with Crippen LogP contribution in [0.1, 0.15) is 21.7 Å². The van der Waals surface area contributed by atoms with Gasteiger partial charge in [0.2, 0.25) is 5.91 Å². The lowest BCUT2D eigenvalue weighted by atomic mass is 10.2. The SMILES string of the molecule is Cc1cc(NC(=O)Cc2ccsc2)c(C(=O)O)[nH]1. The van der Waals surface area contributed by atoms with Gasteiger partial charge in [0.15, 0.2) is 0 Å². The van der Waals surface area contributed by atoms with Crippen LogP contribution < -0.4 is 5.32 Å².